The number of rotatable bonds is 6. The van der Waals surface area contributed by atoms with Gasteiger partial charge in [-0.3, -0.25) is 4.79 Å². The van der Waals surface area contributed by atoms with Crippen molar-refractivity contribution in [1.29, 1.82) is 0 Å². The summed E-state index contributed by atoms with van der Waals surface area (Å²) in [7, 11) is 3.11. The van der Waals surface area contributed by atoms with Crippen molar-refractivity contribution in [3.63, 3.8) is 0 Å². The molecule has 2 aromatic rings. The van der Waals surface area contributed by atoms with Crippen LogP contribution in [0.4, 0.5) is 0 Å². The minimum absolute atomic E-state index is 0.0253. The molecule has 1 N–H and O–H groups in total. The van der Waals surface area contributed by atoms with Crippen LogP contribution in [0, 0.1) is 0 Å². The third kappa shape index (κ3) is 4.34. The molecule has 120 valence electrons. The molecule has 2 rings (SSSR count). The summed E-state index contributed by atoms with van der Waals surface area (Å²) in [4.78, 5) is 12.3. The van der Waals surface area contributed by atoms with E-state index in [0.717, 1.165) is 11.3 Å². The van der Waals surface area contributed by atoms with E-state index in [1.807, 2.05) is 24.3 Å². The molecule has 23 heavy (non-hydrogen) atoms. The van der Waals surface area contributed by atoms with E-state index in [0.29, 0.717) is 5.56 Å². The molecule has 4 nitrogen and oxygen atoms in total. The smallest absolute Gasteiger partial charge is 0.187 e. The van der Waals surface area contributed by atoms with Crippen molar-refractivity contribution in [3.8, 4) is 11.5 Å². The average molecular weight is 333 g/mol. The summed E-state index contributed by atoms with van der Waals surface area (Å²) in [5.41, 5.74) is 1.66. The van der Waals surface area contributed by atoms with Gasteiger partial charge in [-0.05, 0) is 35.9 Å². The minimum atomic E-state index is -0.293. The van der Waals surface area contributed by atoms with E-state index in [2.05, 4.69) is 0 Å². The molecule has 0 aliphatic rings. The molecule has 2 aromatic carbocycles. The van der Waals surface area contributed by atoms with Gasteiger partial charge in [0.05, 0.1) is 18.7 Å². The van der Waals surface area contributed by atoms with Gasteiger partial charge in [-0.15, -0.1) is 0 Å². The van der Waals surface area contributed by atoms with Crippen LogP contribution in [0.1, 0.15) is 21.5 Å². The van der Waals surface area contributed by atoms with Gasteiger partial charge in [0.2, 0.25) is 0 Å². The Kier molecular flexibility index (Phi) is 5.79. The highest BCUT2D eigenvalue weighted by Crippen LogP contribution is 2.28. The molecule has 0 spiro atoms. The summed E-state index contributed by atoms with van der Waals surface area (Å²) < 4.78 is 10.1. The van der Waals surface area contributed by atoms with E-state index in [-0.39, 0.29) is 28.7 Å². The maximum Gasteiger partial charge on any atom is 0.187 e. The van der Waals surface area contributed by atoms with Gasteiger partial charge in [0.1, 0.15) is 11.5 Å². The van der Waals surface area contributed by atoms with Crippen LogP contribution in [-0.2, 0) is 11.3 Å². The summed E-state index contributed by atoms with van der Waals surface area (Å²) in [5.74, 6) is 0.426. The first-order chi connectivity index (χ1) is 11.0. The fourth-order valence-corrected chi connectivity index (χ4v) is 2.34. The lowest BCUT2D eigenvalue weighted by Crippen LogP contribution is -2.00. The SMILES string of the molecule is COCc1cc(O)cc(C(=O)/C=C/c2ccc(OC)cc2)c1Cl. The summed E-state index contributed by atoms with van der Waals surface area (Å²) in [6.07, 6.45) is 3.09. The largest absolute Gasteiger partial charge is 0.508 e. The molecule has 0 atom stereocenters. The number of ketones is 1. The van der Waals surface area contributed by atoms with Crippen LogP contribution < -0.4 is 4.74 Å². The number of benzene rings is 2. The molecule has 0 amide bonds. The van der Waals surface area contributed by atoms with Crippen LogP contribution in [0.3, 0.4) is 0 Å². The van der Waals surface area contributed by atoms with Crippen molar-refractivity contribution in [2.75, 3.05) is 14.2 Å². The molecule has 5 heteroatoms. The van der Waals surface area contributed by atoms with Gasteiger partial charge in [0, 0.05) is 18.2 Å². The van der Waals surface area contributed by atoms with Crippen LogP contribution in [0.2, 0.25) is 5.02 Å². The van der Waals surface area contributed by atoms with Crippen molar-refractivity contribution in [1.82, 2.24) is 0 Å². The van der Waals surface area contributed by atoms with Crippen LogP contribution in [-0.4, -0.2) is 25.1 Å². The van der Waals surface area contributed by atoms with Gasteiger partial charge in [0.25, 0.3) is 0 Å². The monoisotopic (exact) mass is 332 g/mol. The zero-order chi connectivity index (χ0) is 16.8. The van der Waals surface area contributed by atoms with E-state index in [4.69, 9.17) is 21.1 Å². The Morgan fingerprint density at radius 3 is 2.52 bits per heavy atom. The van der Waals surface area contributed by atoms with Gasteiger partial charge < -0.3 is 14.6 Å². The van der Waals surface area contributed by atoms with Crippen LogP contribution in [0.15, 0.2) is 42.5 Å². The second-order valence-corrected chi connectivity index (χ2v) is 5.25. The zero-order valence-corrected chi connectivity index (χ0v) is 13.6. The Balaban J connectivity index is 2.24. The number of methoxy groups -OCH3 is 2. The Labute approximate surface area is 139 Å². The van der Waals surface area contributed by atoms with Gasteiger partial charge in [-0.1, -0.05) is 29.8 Å². The third-order valence-electron chi connectivity index (χ3n) is 3.24. The molecule has 0 aromatic heterocycles. The molecule has 0 unspecified atom stereocenters. The van der Waals surface area contributed by atoms with Gasteiger partial charge in [-0.2, -0.15) is 0 Å². The van der Waals surface area contributed by atoms with Gasteiger partial charge >= 0.3 is 0 Å². The summed E-state index contributed by atoms with van der Waals surface area (Å²) in [5, 5.41) is 10.0. The number of aromatic hydroxyl groups is 1. The molecule has 0 heterocycles. The zero-order valence-electron chi connectivity index (χ0n) is 12.9. The Morgan fingerprint density at radius 2 is 1.91 bits per heavy atom. The van der Waals surface area contributed by atoms with Gasteiger partial charge in [0.15, 0.2) is 5.78 Å². The number of ether oxygens (including phenoxy) is 2. The minimum Gasteiger partial charge on any atom is -0.508 e. The highest BCUT2D eigenvalue weighted by atomic mass is 35.5. The number of hydrogen-bond acceptors (Lipinski definition) is 4. The fraction of sp³-hybridized carbons (Fsp3) is 0.167. The summed E-state index contributed by atoms with van der Waals surface area (Å²) in [6, 6.07) is 10.1. The first kappa shape index (κ1) is 17.1. The highest BCUT2D eigenvalue weighted by molar-refractivity contribution is 6.35. The van der Waals surface area contributed by atoms with E-state index < -0.39 is 0 Å². The third-order valence-corrected chi connectivity index (χ3v) is 3.69. The maximum absolute atomic E-state index is 12.3. The average Bonchev–Trinajstić information content (AvgIpc) is 2.56. The number of hydrogen-bond donors (Lipinski definition) is 1. The van der Waals surface area contributed by atoms with Crippen LogP contribution in [0.25, 0.3) is 6.08 Å². The maximum atomic E-state index is 12.3. The predicted molar refractivity (Wildman–Crippen MR) is 90.2 cm³/mol. The molecule has 0 fully saturated rings. The number of carbonyl (C=O) groups is 1. The molecule has 0 saturated heterocycles. The highest BCUT2D eigenvalue weighted by Gasteiger charge is 2.13. The Morgan fingerprint density at radius 1 is 1.22 bits per heavy atom. The van der Waals surface area contributed by atoms with Crippen LogP contribution in [0.5, 0.6) is 11.5 Å². The van der Waals surface area contributed by atoms with Crippen molar-refractivity contribution in [2.45, 2.75) is 6.61 Å². The van der Waals surface area contributed by atoms with E-state index in [1.165, 1.54) is 25.3 Å². The number of carbonyl (C=O) groups excluding carboxylic acids is 1. The van der Waals surface area contributed by atoms with E-state index in [9.17, 15) is 9.90 Å². The normalized spacial score (nSPS) is 10.9. The lowest BCUT2D eigenvalue weighted by atomic mass is 10.0. The topological polar surface area (TPSA) is 55.8 Å². The van der Waals surface area contributed by atoms with Crippen molar-refractivity contribution in [3.05, 3.63) is 64.2 Å². The van der Waals surface area contributed by atoms with Gasteiger partial charge in [-0.25, -0.2) is 0 Å². The Bertz CT molecular complexity index is 721. The lowest BCUT2D eigenvalue weighted by Gasteiger charge is -2.08. The molecule has 0 bridgehead atoms. The number of allylic oxidation sites excluding steroid dienone is 1. The van der Waals surface area contributed by atoms with Crippen molar-refractivity contribution >= 4 is 23.5 Å². The molecular formula is C18H17ClO4. The van der Waals surface area contributed by atoms with Crippen LogP contribution >= 0.6 is 11.6 Å². The Hall–Kier alpha value is -2.30. The lowest BCUT2D eigenvalue weighted by molar-refractivity contribution is 0.104. The molecule has 0 aliphatic carbocycles. The summed E-state index contributed by atoms with van der Waals surface area (Å²) >= 11 is 6.21. The number of phenols is 1. The predicted octanol–water partition coefficient (Wildman–Crippen LogP) is 4.10. The molecule has 0 radical (unpaired) electrons. The first-order valence-corrected chi connectivity index (χ1v) is 7.29. The molecular weight excluding hydrogens is 316 g/mol. The molecule has 0 aliphatic heterocycles. The van der Waals surface area contributed by atoms with E-state index >= 15 is 0 Å². The quantitative estimate of drug-likeness (QED) is 0.639. The number of halogens is 1. The summed E-state index contributed by atoms with van der Waals surface area (Å²) in [6.45, 7) is 0.218. The van der Waals surface area contributed by atoms with E-state index in [1.54, 1.807) is 13.2 Å². The fourth-order valence-electron chi connectivity index (χ4n) is 2.08. The van der Waals surface area contributed by atoms with Crippen molar-refractivity contribution < 1.29 is 19.4 Å². The number of phenolic OH excluding ortho intramolecular Hbond substituents is 1. The second-order valence-electron chi connectivity index (χ2n) is 4.87. The second kappa shape index (κ2) is 7.81. The van der Waals surface area contributed by atoms with Crippen molar-refractivity contribution in [2.24, 2.45) is 0 Å². The molecule has 0 saturated carbocycles. The first-order valence-electron chi connectivity index (χ1n) is 6.92. The standard InChI is InChI=1S/C18H17ClO4/c1-22-11-13-9-14(20)10-16(18(13)19)17(21)8-5-12-3-6-15(23-2)7-4-12/h3-10,20H,11H2,1-2H3/b8-5+.